The van der Waals surface area contributed by atoms with Gasteiger partial charge in [-0.2, -0.15) is 0 Å². The minimum atomic E-state index is 0.833. The highest BCUT2D eigenvalue weighted by molar-refractivity contribution is 4.93. The van der Waals surface area contributed by atoms with Crippen LogP contribution in [-0.4, -0.2) is 12.6 Å². The summed E-state index contributed by atoms with van der Waals surface area (Å²) in [5.74, 6) is 3.71. The largest absolute Gasteiger partial charge is 0.313 e. The Morgan fingerprint density at radius 1 is 1.08 bits per heavy atom. The van der Waals surface area contributed by atoms with E-state index >= 15 is 0 Å². The minimum absolute atomic E-state index is 0.833. The fraction of sp³-hybridized carbons (Fsp3) is 1.00. The van der Waals surface area contributed by atoms with E-state index in [0.29, 0.717) is 0 Å². The Hall–Kier alpha value is -0.0400. The molecule has 1 saturated carbocycles. The summed E-state index contributed by atoms with van der Waals surface area (Å²) in [6.07, 6.45) is 4.33. The molecule has 0 aromatic heterocycles. The zero-order chi connectivity index (χ0) is 9.42. The van der Waals surface area contributed by atoms with Crippen LogP contribution in [0.1, 0.15) is 40.0 Å². The molecule has 1 aliphatic heterocycles. The van der Waals surface area contributed by atoms with Crippen molar-refractivity contribution in [2.75, 3.05) is 6.54 Å². The lowest BCUT2D eigenvalue weighted by molar-refractivity contribution is 0.0692. The molecule has 1 nitrogen and oxygen atoms in total. The summed E-state index contributed by atoms with van der Waals surface area (Å²) in [7, 11) is 0. The maximum Gasteiger partial charge on any atom is 0.0124 e. The van der Waals surface area contributed by atoms with Gasteiger partial charge in [-0.1, -0.05) is 20.8 Å². The summed E-state index contributed by atoms with van der Waals surface area (Å²) in [4.78, 5) is 0. The molecule has 0 radical (unpaired) electrons. The first-order valence-corrected chi connectivity index (χ1v) is 5.93. The van der Waals surface area contributed by atoms with Crippen LogP contribution < -0.4 is 5.32 Å². The van der Waals surface area contributed by atoms with E-state index in [1.54, 1.807) is 0 Å². The molecular formula is C12H23N. The third kappa shape index (κ3) is 1.63. The molecule has 1 saturated heterocycles. The molecule has 2 fully saturated rings. The quantitative estimate of drug-likeness (QED) is 0.606. The Morgan fingerprint density at radius 2 is 1.85 bits per heavy atom. The molecule has 0 bridgehead atoms. The Kier molecular flexibility index (Phi) is 2.64. The van der Waals surface area contributed by atoms with Crippen LogP contribution in [0.25, 0.3) is 0 Å². The van der Waals surface area contributed by atoms with Gasteiger partial charge in [0.1, 0.15) is 0 Å². The number of piperidine rings is 1. The molecule has 1 N–H and O–H groups in total. The van der Waals surface area contributed by atoms with Gasteiger partial charge in [0.05, 0.1) is 0 Å². The van der Waals surface area contributed by atoms with Gasteiger partial charge in [-0.3, -0.25) is 0 Å². The summed E-state index contributed by atoms with van der Waals surface area (Å²) in [6, 6.07) is 0.833. The molecule has 2 rings (SSSR count). The van der Waals surface area contributed by atoms with E-state index in [9.17, 15) is 0 Å². The fourth-order valence-electron chi connectivity index (χ4n) is 3.40. The summed E-state index contributed by atoms with van der Waals surface area (Å²) < 4.78 is 0. The lowest BCUT2D eigenvalue weighted by Crippen LogP contribution is -2.51. The van der Waals surface area contributed by atoms with Crippen molar-refractivity contribution in [1.82, 2.24) is 5.32 Å². The van der Waals surface area contributed by atoms with Crippen molar-refractivity contribution >= 4 is 0 Å². The predicted octanol–water partition coefficient (Wildman–Crippen LogP) is 2.67. The number of rotatable bonds is 0. The van der Waals surface area contributed by atoms with E-state index in [-0.39, 0.29) is 0 Å². The molecule has 0 spiro atoms. The first kappa shape index (κ1) is 9.51. The zero-order valence-corrected chi connectivity index (χ0v) is 9.22. The number of hydrogen-bond donors (Lipinski definition) is 1. The summed E-state index contributed by atoms with van der Waals surface area (Å²) >= 11 is 0. The Bertz CT molecular complexity index is 176. The van der Waals surface area contributed by atoms with Crippen molar-refractivity contribution in [2.24, 2.45) is 23.7 Å². The van der Waals surface area contributed by atoms with Crippen LogP contribution in [0.15, 0.2) is 0 Å². The zero-order valence-electron chi connectivity index (χ0n) is 9.22. The van der Waals surface area contributed by atoms with Crippen molar-refractivity contribution < 1.29 is 0 Å². The first-order chi connectivity index (χ1) is 6.20. The maximum absolute atomic E-state index is 3.72. The molecule has 0 aromatic carbocycles. The molecular weight excluding hydrogens is 158 g/mol. The van der Waals surface area contributed by atoms with Crippen molar-refractivity contribution in [3.05, 3.63) is 0 Å². The predicted molar refractivity (Wildman–Crippen MR) is 56.6 cm³/mol. The SMILES string of the molecule is CC1CC2CCCNC2C(C)C1C. The van der Waals surface area contributed by atoms with Gasteiger partial charge in [0.15, 0.2) is 0 Å². The van der Waals surface area contributed by atoms with Crippen LogP contribution in [0.5, 0.6) is 0 Å². The van der Waals surface area contributed by atoms with Crippen molar-refractivity contribution in [3.8, 4) is 0 Å². The van der Waals surface area contributed by atoms with E-state index in [4.69, 9.17) is 0 Å². The van der Waals surface area contributed by atoms with Crippen LogP contribution in [-0.2, 0) is 0 Å². The maximum atomic E-state index is 3.72. The molecule has 5 unspecified atom stereocenters. The average molecular weight is 181 g/mol. The molecule has 5 atom stereocenters. The normalized spacial score (nSPS) is 51.5. The molecule has 1 heteroatoms. The van der Waals surface area contributed by atoms with E-state index in [0.717, 1.165) is 29.7 Å². The highest BCUT2D eigenvalue weighted by Crippen LogP contribution is 2.40. The molecule has 2 aliphatic rings. The molecule has 76 valence electrons. The molecule has 13 heavy (non-hydrogen) atoms. The van der Waals surface area contributed by atoms with Crippen LogP contribution in [0.3, 0.4) is 0 Å². The Balaban J connectivity index is 2.08. The summed E-state index contributed by atoms with van der Waals surface area (Å²) in [6.45, 7) is 8.57. The lowest BCUT2D eigenvalue weighted by Gasteiger charge is -2.47. The van der Waals surface area contributed by atoms with Gasteiger partial charge in [-0.25, -0.2) is 0 Å². The van der Waals surface area contributed by atoms with Crippen molar-refractivity contribution in [1.29, 1.82) is 0 Å². The standard InChI is InChI=1S/C12H23N/c1-8-7-11-5-4-6-13-12(11)10(3)9(8)2/h8-13H,4-7H2,1-3H3. The minimum Gasteiger partial charge on any atom is -0.313 e. The van der Waals surface area contributed by atoms with Gasteiger partial charge < -0.3 is 5.32 Å². The first-order valence-electron chi connectivity index (χ1n) is 5.93. The molecule has 1 aliphatic carbocycles. The van der Waals surface area contributed by atoms with Gasteiger partial charge in [0.25, 0.3) is 0 Å². The third-order valence-corrected chi connectivity index (χ3v) is 4.61. The van der Waals surface area contributed by atoms with Crippen molar-refractivity contribution in [3.63, 3.8) is 0 Å². The number of fused-ring (bicyclic) bond motifs is 1. The number of hydrogen-bond acceptors (Lipinski definition) is 1. The summed E-state index contributed by atoms with van der Waals surface area (Å²) in [5.41, 5.74) is 0. The lowest BCUT2D eigenvalue weighted by atomic mass is 9.65. The van der Waals surface area contributed by atoms with Crippen LogP contribution in [0.2, 0.25) is 0 Å². The van der Waals surface area contributed by atoms with E-state index in [2.05, 4.69) is 26.1 Å². The van der Waals surface area contributed by atoms with Crippen LogP contribution >= 0.6 is 0 Å². The van der Waals surface area contributed by atoms with E-state index in [1.807, 2.05) is 0 Å². The highest BCUT2D eigenvalue weighted by atomic mass is 14.9. The van der Waals surface area contributed by atoms with Crippen LogP contribution in [0, 0.1) is 23.7 Å². The van der Waals surface area contributed by atoms with Gasteiger partial charge in [-0.05, 0) is 49.5 Å². The second-order valence-corrected chi connectivity index (χ2v) is 5.31. The average Bonchev–Trinajstić information content (AvgIpc) is 2.15. The Morgan fingerprint density at radius 3 is 2.62 bits per heavy atom. The fourth-order valence-corrected chi connectivity index (χ4v) is 3.40. The molecule has 1 heterocycles. The summed E-state index contributed by atoms with van der Waals surface area (Å²) in [5, 5.41) is 3.72. The van der Waals surface area contributed by atoms with Gasteiger partial charge in [0.2, 0.25) is 0 Å². The van der Waals surface area contributed by atoms with Gasteiger partial charge in [-0.15, -0.1) is 0 Å². The monoisotopic (exact) mass is 181 g/mol. The smallest absolute Gasteiger partial charge is 0.0124 e. The topological polar surface area (TPSA) is 12.0 Å². The van der Waals surface area contributed by atoms with Gasteiger partial charge in [0, 0.05) is 6.04 Å². The Labute approximate surface area is 82.3 Å². The van der Waals surface area contributed by atoms with Crippen molar-refractivity contribution in [2.45, 2.75) is 46.1 Å². The number of nitrogens with one attached hydrogen (secondary N) is 1. The van der Waals surface area contributed by atoms with E-state index < -0.39 is 0 Å². The second-order valence-electron chi connectivity index (χ2n) is 5.31. The van der Waals surface area contributed by atoms with Crippen LogP contribution in [0.4, 0.5) is 0 Å². The van der Waals surface area contributed by atoms with Gasteiger partial charge >= 0.3 is 0 Å². The van der Waals surface area contributed by atoms with E-state index in [1.165, 1.54) is 25.8 Å². The molecule has 0 aromatic rings. The molecule has 0 amide bonds. The third-order valence-electron chi connectivity index (χ3n) is 4.61. The highest BCUT2D eigenvalue weighted by Gasteiger charge is 2.39. The second kappa shape index (κ2) is 3.61.